The molecule has 3 N–H and O–H groups in total. The quantitative estimate of drug-likeness (QED) is 0.400. The van der Waals surface area contributed by atoms with Crippen molar-refractivity contribution in [2.45, 2.75) is 31.0 Å². The first-order valence-corrected chi connectivity index (χ1v) is 5.78. The number of ether oxygens (including phenoxy) is 1. The summed E-state index contributed by atoms with van der Waals surface area (Å²) in [6.45, 7) is 3.47. The minimum Gasteiger partial charge on any atom is -0.389 e. The first-order valence-electron chi connectivity index (χ1n) is 5.33. The van der Waals surface area contributed by atoms with Crippen molar-refractivity contribution >= 4 is 18.6 Å². The molecule has 1 heterocycles. The van der Waals surface area contributed by atoms with Crippen LogP contribution in [0.25, 0.3) is 0 Å². The summed E-state index contributed by atoms with van der Waals surface area (Å²) in [5.41, 5.74) is 0. The van der Waals surface area contributed by atoms with E-state index in [0.29, 0.717) is 30.9 Å². The predicted octanol–water partition coefficient (Wildman–Crippen LogP) is 0.683. The van der Waals surface area contributed by atoms with Crippen molar-refractivity contribution < 1.29 is 9.84 Å². The van der Waals surface area contributed by atoms with E-state index in [9.17, 15) is 5.11 Å². The normalized spacial score (nSPS) is 12.7. The molecule has 92 valence electrons. The molecule has 1 unspecified atom stereocenters. The fourth-order valence-corrected chi connectivity index (χ4v) is 1.21. The van der Waals surface area contributed by atoms with E-state index in [1.807, 2.05) is 0 Å². The van der Waals surface area contributed by atoms with E-state index in [4.69, 9.17) is 4.74 Å². The zero-order valence-corrected chi connectivity index (χ0v) is 10.2. The molecule has 0 radical (unpaired) electrons. The minimum absolute atomic E-state index is 0.325. The second kappa shape index (κ2) is 7.48. The highest BCUT2D eigenvalue weighted by molar-refractivity contribution is 7.80. The lowest BCUT2D eigenvalue weighted by atomic mass is 10.3. The zero-order valence-electron chi connectivity index (χ0n) is 9.31. The van der Waals surface area contributed by atoms with Crippen LogP contribution < -0.4 is 5.32 Å². The zero-order chi connectivity index (χ0) is 11.8. The molecule has 1 aromatic heterocycles. The fourth-order valence-electron chi connectivity index (χ4n) is 1.07. The number of H-pyrrole nitrogens is 1. The highest BCUT2D eigenvalue weighted by Gasteiger charge is 2.05. The van der Waals surface area contributed by atoms with Gasteiger partial charge in [0, 0.05) is 13.2 Å². The maximum absolute atomic E-state index is 9.54. The molecule has 7 heteroatoms. The van der Waals surface area contributed by atoms with E-state index in [2.05, 4.69) is 40.1 Å². The number of aliphatic hydroxyl groups excluding tert-OH is 1. The van der Waals surface area contributed by atoms with E-state index < -0.39 is 6.10 Å². The summed E-state index contributed by atoms with van der Waals surface area (Å²) in [4.78, 5) is 3.93. The van der Waals surface area contributed by atoms with Gasteiger partial charge in [-0.15, -0.1) is 17.7 Å². The topological polar surface area (TPSA) is 83.1 Å². The number of aromatic amines is 1. The lowest BCUT2D eigenvalue weighted by molar-refractivity contribution is 0.0421. The van der Waals surface area contributed by atoms with E-state index in [-0.39, 0.29) is 0 Å². The standard InChI is InChI=1S/C9H18N4O2S/c1-2-3-4-15-6-7(14)5-10-8-11-9(16)13-12-8/h7,14H,2-6H2,1H3,(H3,10,11,12,13,16). The van der Waals surface area contributed by atoms with E-state index >= 15 is 0 Å². The molecule has 0 fully saturated rings. The van der Waals surface area contributed by atoms with Crippen molar-refractivity contribution in [3.63, 3.8) is 0 Å². The van der Waals surface area contributed by atoms with Gasteiger partial charge < -0.3 is 15.2 Å². The summed E-state index contributed by atoms with van der Waals surface area (Å²) in [6, 6.07) is 0. The predicted molar refractivity (Wildman–Crippen MR) is 63.9 cm³/mol. The van der Waals surface area contributed by atoms with Gasteiger partial charge in [-0.2, -0.15) is 4.98 Å². The smallest absolute Gasteiger partial charge is 0.242 e. The Hall–Kier alpha value is -0.790. The molecule has 0 aromatic carbocycles. The Bertz CT molecular complexity index is 295. The van der Waals surface area contributed by atoms with Gasteiger partial charge in [-0.1, -0.05) is 13.3 Å². The van der Waals surface area contributed by atoms with Crippen LogP contribution in [-0.2, 0) is 4.74 Å². The summed E-state index contributed by atoms with van der Waals surface area (Å²) in [6.07, 6.45) is 1.55. The monoisotopic (exact) mass is 246 g/mol. The van der Waals surface area contributed by atoms with Crippen LogP contribution in [0.15, 0.2) is 5.16 Å². The van der Waals surface area contributed by atoms with Gasteiger partial charge in [-0.05, 0) is 6.42 Å². The summed E-state index contributed by atoms with van der Waals surface area (Å²) in [7, 11) is 0. The number of thiol groups is 1. The van der Waals surface area contributed by atoms with Crippen molar-refractivity contribution in [1.82, 2.24) is 15.2 Å². The second-order valence-electron chi connectivity index (χ2n) is 3.45. The lowest BCUT2D eigenvalue weighted by Gasteiger charge is -2.10. The third kappa shape index (κ3) is 5.34. The molecule has 0 aliphatic heterocycles. The number of nitrogens with one attached hydrogen (secondary N) is 2. The van der Waals surface area contributed by atoms with E-state index in [0.717, 1.165) is 12.8 Å². The van der Waals surface area contributed by atoms with Crippen LogP contribution >= 0.6 is 12.6 Å². The summed E-state index contributed by atoms with van der Waals surface area (Å²) >= 11 is 3.97. The van der Waals surface area contributed by atoms with Crippen LogP contribution in [0, 0.1) is 0 Å². The molecule has 0 spiro atoms. The number of unbranched alkanes of at least 4 members (excludes halogenated alkanes) is 1. The second-order valence-corrected chi connectivity index (χ2v) is 3.87. The molecule has 0 saturated carbocycles. The molecule has 16 heavy (non-hydrogen) atoms. The molecule has 1 aromatic rings. The third-order valence-electron chi connectivity index (χ3n) is 1.92. The van der Waals surface area contributed by atoms with Crippen LogP contribution in [0.1, 0.15) is 19.8 Å². The fraction of sp³-hybridized carbons (Fsp3) is 0.778. The van der Waals surface area contributed by atoms with Crippen molar-refractivity contribution in [3.8, 4) is 0 Å². The SMILES string of the molecule is CCCCOCC(O)CNc1n[nH]c(S)n1. The summed E-state index contributed by atoms with van der Waals surface area (Å²) in [5, 5.41) is 19.3. The van der Waals surface area contributed by atoms with Gasteiger partial charge in [0.2, 0.25) is 5.95 Å². The van der Waals surface area contributed by atoms with Gasteiger partial charge >= 0.3 is 0 Å². The van der Waals surface area contributed by atoms with Gasteiger partial charge in [0.05, 0.1) is 12.7 Å². The van der Waals surface area contributed by atoms with Gasteiger partial charge in [0.25, 0.3) is 0 Å². The molecular weight excluding hydrogens is 228 g/mol. The first-order chi connectivity index (χ1) is 7.72. The Kier molecular flexibility index (Phi) is 6.20. The molecular formula is C9H18N4O2S. The van der Waals surface area contributed by atoms with Gasteiger partial charge in [-0.3, -0.25) is 5.10 Å². The van der Waals surface area contributed by atoms with Crippen molar-refractivity contribution in [2.75, 3.05) is 25.1 Å². The van der Waals surface area contributed by atoms with Crippen molar-refractivity contribution in [3.05, 3.63) is 0 Å². The minimum atomic E-state index is -0.557. The molecule has 0 aliphatic rings. The Morgan fingerprint density at radius 1 is 1.62 bits per heavy atom. The van der Waals surface area contributed by atoms with Crippen LogP contribution in [0.4, 0.5) is 5.95 Å². The third-order valence-corrected chi connectivity index (χ3v) is 2.12. The molecule has 0 amide bonds. The van der Waals surface area contributed by atoms with Gasteiger partial charge in [-0.25, -0.2) is 0 Å². The first kappa shape index (κ1) is 13.3. The average molecular weight is 246 g/mol. The van der Waals surface area contributed by atoms with Gasteiger partial charge in [0.15, 0.2) is 5.16 Å². The number of rotatable bonds is 8. The molecule has 1 atom stereocenters. The summed E-state index contributed by atoms with van der Waals surface area (Å²) in [5.74, 6) is 0.428. The maximum atomic E-state index is 9.54. The molecule has 1 rings (SSSR count). The Morgan fingerprint density at radius 2 is 2.44 bits per heavy atom. The summed E-state index contributed by atoms with van der Waals surface area (Å²) < 4.78 is 5.28. The molecule has 0 aliphatic carbocycles. The van der Waals surface area contributed by atoms with E-state index in [1.165, 1.54) is 0 Å². The van der Waals surface area contributed by atoms with Crippen molar-refractivity contribution in [1.29, 1.82) is 0 Å². The maximum Gasteiger partial charge on any atom is 0.242 e. The van der Waals surface area contributed by atoms with Crippen LogP contribution in [0.2, 0.25) is 0 Å². The van der Waals surface area contributed by atoms with Crippen LogP contribution in [0.5, 0.6) is 0 Å². The number of aromatic nitrogens is 3. The number of aliphatic hydroxyl groups is 1. The van der Waals surface area contributed by atoms with Crippen molar-refractivity contribution in [2.24, 2.45) is 0 Å². The number of hydrogen-bond donors (Lipinski definition) is 4. The van der Waals surface area contributed by atoms with E-state index in [1.54, 1.807) is 0 Å². The number of nitrogens with zero attached hydrogens (tertiary/aromatic N) is 2. The highest BCUT2D eigenvalue weighted by Crippen LogP contribution is 2.01. The van der Waals surface area contributed by atoms with Gasteiger partial charge in [0.1, 0.15) is 0 Å². The number of anilines is 1. The Morgan fingerprint density at radius 3 is 3.06 bits per heavy atom. The Labute approximate surface area is 100 Å². The lowest BCUT2D eigenvalue weighted by Crippen LogP contribution is -2.25. The number of hydrogen-bond acceptors (Lipinski definition) is 6. The van der Waals surface area contributed by atoms with Crippen LogP contribution in [0.3, 0.4) is 0 Å². The molecule has 0 saturated heterocycles. The largest absolute Gasteiger partial charge is 0.389 e. The molecule has 6 nitrogen and oxygen atoms in total. The van der Waals surface area contributed by atoms with Crippen LogP contribution in [-0.4, -0.2) is 46.2 Å². The Balaban J connectivity index is 2.08. The highest BCUT2D eigenvalue weighted by atomic mass is 32.1. The average Bonchev–Trinajstić information content (AvgIpc) is 2.68. The molecule has 0 bridgehead atoms.